The van der Waals surface area contributed by atoms with Crippen LogP contribution in [0.4, 0.5) is 13.2 Å². The highest BCUT2D eigenvalue weighted by Gasteiger charge is 2.26. The lowest BCUT2D eigenvalue weighted by atomic mass is 10.1. The Kier molecular flexibility index (Phi) is 6.22. The van der Waals surface area contributed by atoms with Crippen molar-refractivity contribution in [1.29, 1.82) is 0 Å². The third kappa shape index (κ3) is 7.57. The van der Waals surface area contributed by atoms with Gasteiger partial charge in [-0.2, -0.15) is 13.2 Å². The van der Waals surface area contributed by atoms with Crippen molar-refractivity contribution in [1.82, 2.24) is 10.2 Å². The van der Waals surface area contributed by atoms with Crippen molar-refractivity contribution >= 4 is 0 Å². The maximum atomic E-state index is 12.0. The first kappa shape index (κ1) is 14.7. The smallest absolute Gasteiger partial charge is 0.381 e. The molecule has 3 nitrogen and oxygen atoms in total. The van der Waals surface area contributed by atoms with Crippen molar-refractivity contribution in [2.45, 2.75) is 31.5 Å². The first-order valence-electron chi connectivity index (χ1n) is 6.04. The highest BCUT2D eigenvalue weighted by molar-refractivity contribution is 4.70. The van der Waals surface area contributed by atoms with E-state index in [-0.39, 0.29) is 6.54 Å². The minimum atomic E-state index is -4.05. The number of hydrogen-bond donors (Lipinski definition) is 1. The van der Waals surface area contributed by atoms with Crippen LogP contribution in [-0.2, 0) is 4.74 Å². The molecule has 0 amide bonds. The highest BCUT2D eigenvalue weighted by Crippen LogP contribution is 2.19. The molecule has 1 rings (SSSR count). The van der Waals surface area contributed by atoms with Crippen LogP contribution in [0.15, 0.2) is 0 Å². The summed E-state index contributed by atoms with van der Waals surface area (Å²) >= 11 is 0. The Balaban J connectivity index is 2.01. The van der Waals surface area contributed by atoms with Crippen LogP contribution >= 0.6 is 0 Å². The largest absolute Gasteiger partial charge is 0.390 e. The lowest BCUT2D eigenvalue weighted by molar-refractivity contribution is -0.137. The van der Waals surface area contributed by atoms with Gasteiger partial charge in [0.1, 0.15) is 0 Å². The quantitative estimate of drug-likeness (QED) is 0.780. The standard InChI is InChI=1S/C11H21F3N2O/c1-16(6-4-11(12,13)14)7-5-15-10-2-8-17-9-3-10/h10,15H,2-9H2,1H3. The zero-order chi connectivity index (χ0) is 12.7. The Hall–Kier alpha value is -0.330. The molecule has 1 aliphatic heterocycles. The summed E-state index contributed by atoms with van der Waals surface area (Å²) in [6.45, 7) is 3.01. The minimum absolute atomic E-state index is 0.0684. The van der Waals surface area contributed by atoms with Gasteiger partial charge in [0, 0.05) is 38.9 Å². The van der Waals surface area contributed by atoms with Crippen LogP contribution in [0.1, 0.15) is 19.3 Å². The Morgan fingerprint density at radius 2 is 1.88 bits per heavy atom. The molecule has 0 unspecified atom stereocenters. The number of alkyl halides is 3. The summed E-state index contributed by atoms with van der Waals surface area (Å²) in [4.78, 5) is 1.71. The number of hydrogen-bond acceptors (Lipinski definition) is 3. The van der Waals surface area contributed by atoms with Crippen molar-refractivity contribution in [3.05, 3.63) is 0 Å². The molecule has 0 aromatic heterocycles. The third-order valence-electron chi connectivity index (χ3n) is 2.92. The Labute approximate surface area is 100 Å². The van der Waals surface area contributed by atoms with E-state index in [0.717, 1.165) is 32.6 Å². The molecule has 0 aromatic rings. The van der Waals surface area contributed by atoms with E-state index in [4.69, 9.17) is 4.74 Å². The summed E-state index contributed by atoms with van der Waals surface area (Å²) in [7, 11) is 1.72. The lowest BCUT2D eigenvalue weighted by Gasteiger charge is -2.25. The molecule has 0 atom stereocenters. The summed E-state index contributed by atoms with van der Waals surface area (Å²) in [5, 5.41) is 3.35. The van der Waals surface area contributed by atoms with E-state index in [1.54, 1.807) is 11.9 Å². The van der Waals surface area contributed by atoms with Gasteiger partial charge in [0.15, 0.2) is 0 Å². The zero-order valence-corrected chi connectivity index (χ0v) is 10.2. The normalized spacial score (nSPS) is 18.9. The molecule has 17 heavy (non-hydrogen) atoms. The van der Waals surface area contributed by atoms with E-state index < -0.39 is 12.6 Å². The molecule has 1 saturated heterocycles. The Morgan fingerprint density at radius 1 is 1.24 bits per heavy atom. The van der Waals surface area contributed by atoms with Gasteiger partial charge in [0.2, 0.25) is 0 Å². The predicted molar refractivity (Wildman–Crippen MR) is 60.0 cm³/mol. The number of nitrogens with zero attached hydrogens (tertiary/aromatic N) is 1. The van der Waals surface area contributed by atoms with Gasteiger partial charge in [-0.05, 0) is 19.9 Å². The number of likely N-dealkylation sites (N-methyl/N-ethyl adjacent to an activating group) is 1. The second-order valence-corrected chi connectivity index (χ2v) is 4.51. The maximum Gasteiger partial charge on any atom is 0.390 e. The van der Waals surface area contributed by atoms with Gasteiger partial charge in [0.05, 0.1) is 6.42 Å². The van der Waals surface area contributed by atoms with E-state index in [0.29, 0.717) is 12.6 Å². The first-order valence-corrected chi connectivity index (χ1v) is 6.04. The Morgan fingerprint density at radius 3 is 2.47 bits per heavy atom. The molecule has 0 saturated carbocycles. The topological polar surface area (TPSA) is 24.5 Å². The maximum absolute atomic E-state index is 12.0. The molecule has 1 heterocycles. The molecule has 1 fully saturated rings. The summed E-state index contributed by atoms with van der Waals surface area (Å²) in [5.74, 6) is 0. The summed E-state index contributed by atoms with van der Waals surface area (Å²) < 4.78 is 41.1. The van der Waals surface area contributed by atoms with Crippen molar-refractivity contribution in [2.24, 2.45) is 0 Å². The van der Waals surface area contributed by atoms with Gasteiger partial charge in [-0.1, -0.05) is 0 Å². The molecule has 6 heteroatoms. The predicted octanol–water partition coefficient (Wildman–Crippen LogP) is 1.64. The molecule has 0 bridgehead atoms. The number of nitrogens with one attached hydrogen (secondary N) is 1. The van der Waals surface area contributed by atoms with Gasteiger partial charge >= 0.3 is 6.18 Å². The van der Waals surface area contributed by atoms with Crippen LogP contribution in [0, 0.1) is 0 Å². The molecule has 0 spiro atoms. The molecular weight excluding hydrogens is 233 g/mol. The average molecular weight is 254 g/mol. The van der Waals surface area contributed by atoms with Gasteiger partial charge < -0.3 is 15.0 Å². The van der Waals surface area contributed by atoms with E-state index in [1.165, 1.54) is 0 Å². The van der Waals surface area contributed by atoms with Crippen molar-refractivity contribution in [3.8, 4) is 0 Å². The molecular formula is C11H21F3N2O. The van der Waals surface area contributed by atoms with E-state index in [9.17, 15) is 13.2 Å². The van der Waals surface area contributed by atoms with Crippen LogP contribution in [0.25, 0.3) is 0 Å². The van der Waals surface area contributed by atoms with Crippen LogP contribution < -0.4 is 5.32 Å². The SMILES string of the molecule is CN(CCNC1CCOCC1)CCC(F)(F)F. The van der Waals surface area contributed by atoms with Crippen molar-refractivity contribution in [2.75, 3.05) is 39.9 Å². The molecule has 0 aromatic carbocycles. The molecule has 1 N–H and O–H groups in total. The molecule has 0 radical (unpaired) electrons. The molecule has 1 aliphatic rings. The fraction of sp³-hybridized carbons (Fsp3) is 1.00. The fourth-order valence-corrected chi connectivity index (χ4v) is 1.79. The molecule has 0 aliphatic carbocycles. The molecule has 102 valence electrons. The second-order valence-electron chi connectivity index (χ2n) is 4.51. The van der Waals surface area contributed by atoms with Gasteiger partial charge in [-0.15, -0.1) is 0 Å². The third-order valence-corrected chi connectivity index (χ3v) is 2.92. The van der Waals surface area contributed by atoms with E-state index in [1.807, 2.05) is 0 Å². The number of rotatable bonds is 6. The van der Waals surface area contributed by atoms with Crippen LogP contribution in [0.2, 0.25) is 0 Å². The first-order chi connectivity index (χ1) is 7.97. The fourth-order valence-electron chi connectivity index (χ4n) is 1.79. The highest BCUT2D eigenvalue weighted by atomic mass is 19.4. The zero-order valence-electron chi connectivity index (χ0n) is 10.2. The van der Waals surface area contributed by atoms with Crippen molar-refractivity contribution in [3.63, 3.8) is 0 Å². The van der Waals surface area contributed by atoms with Crippen LogP contribution in [0.5, 0.6) is 0 Å². The van der Waals surface area contributed by atoms with Crippen molar-refractivity contribution < 1.29 is 17.9 Å². The number of halogens is 3. The number of ether oxygens (including phenoxy) is 1. The Bertz CT molecular complexity index is 205. The minimum Gasteiger partial charge on any atom is -0.381 e. The summed E-state index contributed by atoms with van der Waals surface area (Å²) in [5.41, 5.74) is 0. The lowest BCUT2D eigenvalue weighted by Crippen LogP contribution is -2.39. The van der Waals surface area contributed by atoms with E-state index >= 15 is 0 Å². The monoisotopic (exact) mass is 254 g/mol. The summed E-state index contributed by atoms with van der Waals surface area (Å²) in [6.07, 6.45) is -2.80. The van der Waals surface area contributed by atoms with Gasteiger partial charge in [-0.25, -0.2) is 0 Å². The van der Waals surface area contributed by atoms with Crippen LogP contribution in [-0.4, -0.2) is 57.0 Å². The van der Waals surface area contributed by atoms with Crippen LogP contribution in [0.3, 0.4) is 0 Å². The summed E-state index contributed by atoms with van der Waals surface area (Å²) in [6, 6.07) is 0.458. The van der Waals surface area contributed by atoms with Gasteiger partial charge in [0.25, 0.3) is 0 Å². The average Bonchev–Trinajstić information content (AvgIpc) is 2.27. The second kappa shape index (κ2) is 7.18. The van der Waals surface area contributed by atoms with Gasteiger partial charge in [-0.3, -0.25) is 0 Å². The van der Waals surface area contributed by atoms with E-state index in [2.05, 4.69) is 5.32 Å².